The lowest BCUT2D eigenvalue weighted by Gasteiger charge is -2.27. The predicted octanol–water partition coefficient (Wildman–Crippen LogP) is 4.62. The molecule has 7 nitrogen and oxygen atoms in total. The molecule has 0 aliphatic carbocycles. The highest BCUT2D eigenvalue weighted by Crippen LogP contribution is 2.31. The summed E-state index contributed by atoms with van der Waals surface area (Å²) in [6.45, 7) is 4.86. The van der Waals surface area contributed by atoms with Crippen LogP contribution in [-0.4, -0.2) is 68.9 Å². The molecule has 33 heavy (non-hydrogen) atoms. The van der Waals surface area contributed by atoms with Crippen LogP contribution in [0.4, 0.5) is 5.13 Å². The zero-order valence-corrected chi connectivity index (χ0v) is 21.6. The number of thiazole rings is 1. The Morgan fingerprint density at radius 2 is 1.91 bits per heavy atom. The van der Waals surface area contributed by atoms with Gasteiger partial charge in [0.15, 0.2) is 11.7 Å². The first-order valence-corrected chi connectivity index (χ1v) is 12.2. The summed E-state index contributed by atoms with van der Waals surface area (Å²) in [5, 5.41) is 0.698. The minimum Gasteiger partial charge on any atom is -0.497 e. The van der Waals surface area contributed by atoms with Crippen molar-refractivity contribution in [3.63, 3.8) is 0 Å². The topological polar surface area (TPSA) is 64.1 Å². The van der Waals surface area contributed by atoms with E-state index in [9.17, 15) is 4.79 Å². The molecule has 1 aromatic heterocycles. The number of hydrogen-bond acceptors (Lipinski definition) is 7. The lowest BCUT2D eigenvalue weighted by atomic mass is 10.3. The summed E-state index contributed by atoms with van der Waals surface area (Å²) < 4.78 is 18.4. The fraction of sp³-hybridized carbons (Fsp3) is 0.391. The van der Waals surface area contributed by atoms with Crippen molar-refractivity contribution in [1.82, 2.24) is 9.88 Å². The Kier molecular flexibility index (Phi) is 9.76. The number of carbonyl (C=O) groups excluding carboxylic acids is 1. The number of carbonyl (C=O) groups is 1. The zero-order chi connectivity index (χ0) is 22.3. The summed E-state index contributed by atoms with van der Waals surface area (Å²) in [6.07, 6.45) is 0.855. The number of anilines is 1. The van der Waals surface area contributed by atoms with Gasteiger partial charge in [0.1, 0.15) is 11.5 Å². The Morgan fingerprint density at radius 3 is 2.64 bits per heavy atom. The Bertz CT molecular complexity index is 1040. The molecule has 1 amide bonds. The number of amides is 1. The molecular formula is C23H27BrClN3O4S. The standard InChI is InChI=1S/C23H26BrN3O4S.ClH/c1-29-18-4-6-19(7-5-18)31-16-22(28)27(10-2-9-26-11-13-30-14-12-26)23-25-20-8-3-17(24)15-21(20)32-23;/h3-8,15H,2,9-14,16H2,1H3;1H. The lowest BCUT2D eigenvalue weighted by Crippen LogP contribution is -2.40. The number of morpholine rings is 1. The van der Waals surface area contributed by atoms with Crippen LogP contribution in [0.2, 0.25) is 0 Å². The Hall–Kier alpha value is -1.91. The third-order valence-corrected chi connectivity index (χ3v) is 6.79. The molecule has 2 aromatic carbocycles. The van der Waals surface area contributed by atoms with E-state index >= 15 is 0 Å². The third-order valence-electron chi connectivity index (χ3n) is 5.25. The van der Waals surface area contributed by atoms with Crippen molar-refractivity contribution in [3.05, 3.63) is 46.9 Å². The van der Waals surface area contributed by atoms with Gasteiger partial charge in [-0.25, -0.2) is 4.98 Å². The third kappa shape index (κ3) is 7.04. The molecule has 0 radical (unpaired) electrons. The average Bonchev–Trinajstić information content (AvgIpc) is 3.24. The Morgan fingerprint density at radius 1 is 1.18 bits per heavy atom. The normalized spacial score (nSPS) is 14.0. The van der Waals surface area contributed by atoms with Crippen molar-refractivity contribution in [2.45, 2.75) is 6.42 Å². The van der Waals surface area contributed by atoms with Crippen molar-refractivity contribution in [2.24, 2.45) is 0 Å². The molecule has 0 spiro atoms. The molecule has 1 aliphatic heterocycles. The number of halogens is 2. The van der Waals surface area contributed by atoms with Crippen LogP contribution in [-0.2, 0) is 9.53 Å². The summed E-state index contributed by atoms with van der Waals surface area (Å²) in [6, 6.07) is 13.2. The largest absolute Gasteiger partial charge is 0.497 e. The number of ether oxygens (including phenoxy) is 3. The highest BCUT2D eigenvalue weighted by molar-refractivity contribution is 9.10. The van der Waals surface area contributed by atoms with Gasteiger partial charge in [0.25, 0.3) is 5.91 Å². The molecule has 1 fully saturated rings. The maximum Gasteiger partial charge on any atom is 0.266 e. The van der Waals surface area contributed by atoms with Gasteiger partial charge in [-0.15, -0.1) is 12.4 Å². The summed E-state index contributed by atoms with van der Waals surface area (Å²) in [5.41, 5.74) is 0.884. The first-order valence-electron chi connectivity index (χ1n) is 10.6. The van der Waals surface area contributed by atoms with Gasteiger partial charge in [-0.3, -0.25) is 14.6 Å². The summed E-state index contributed by atoms with van der Waals surface area (Å²) >= 11 is 5.03. The van der Waals surface area contributed by atoms with Gasteiger partial charge in [0.2, 0.25) is 0 Å². The first kappa shape index (κ1) is 25.7. The van der Waals surface area contributed by atoms with Crippen molar-refractivity contribution in [1.29, 1.82) is 0 Å². The predicted molar refractivity (Wildman–Crippen MR) is 137 cm³/mol. The first-order chi connectivity index (χ1) is 15.6. The maximum atomic E-state index is 13.2. The molecule has 2 heterocycles. The van der Waals surface area contributed by atoms with Crippen LogP contribution in [0.1, 0.15) is 6.42 Å². The van der Waals surface area contributed by atoms with E-state index in [1.165, 1.54) is 11.3 Å². The lowest BCUT2D eigenvalue weighted by molar-refractivity contribution is -0.120. The van der Waals surface area contributed by atoms with E-state index in [0.29, 0.717) is 17.4 Å². The molecule has 3 aromatic rings. The fourth-order valence-electron chi connectivity index (χ4n) is 3.50. The number of hydrogen-bond donors (Lipinski definition) is 0. The van der Waals surface area contributed by atoms with E-state index in [0.717, 1.165) is 59.7 Å². The number of rotatable bonds is 9. The van der Waals surface area contributed by atoms with E-state index in [2.05, 4.69) is 20.8 Å². The van der Waals surface area contributed by atoms with Gasteiger partial charge >= 0.3 is 0 Å². The maximum absolute atomic E-state index is 13.2. The molecule has 1 saturated heterocycles. The van der Waals surface area contributed by atoms with Gasteiger partial charge in [-0.2, -0.15) is 0 Å². The highest BCUT2D eigenvalue weighted by Gasteiger charge is 2.21. The second kappa shape index (κ2) is 12.5. The van der Waals surface area contributed by atoms with E-state index in [1.54, 1.807) is 24.1 Å². The van der Waals surface area contributed by atoms with Crippen molar-refractivity contribution in [3.8, 4) is 11.5 Å². The SMILES string of the molecule is COc1ccc(OCC(=O)N(CCCN2CCOCC2)c2nc3ccc(Br)cc3s2)cc1.Cl. The Balaban J connectivity index is 0.00000306. The fourth-order valence-corrected chi connectivity index (χ4v) is 5.06. The van der Waals surface area contributed by atoms with Crippen LogP contribution in [0.3, 0.4) is 0 Å². The van der Waals surface area contributed by atoms with Crippen LogP contribution in [0, 0.1) is 0 Å². The number of methoxy groups -OCH3 is 1. The van der Waals surface area contributed by atoms with Gasteiger partial charge in [-0.05, 0) is 48.9 Å². The number of aromatic nitrogens is 1. The van der Waals surface area contributed by atoms with Gasteiger partial charge in [0, 0.05) is 30.7 Å². The smallest absolute Gasteiger partial charge is 0.266 e. The van der Waals surface area contributed by atoms with Crippen LogP contribution in [0.25, 0.3) is 10.2 Å². The van der Waals surface area contributed by atoms with Crippen LogP contribution < -0.4 is 14.4 Å². The van der Waals surface area contributed by atoms with Crippen molar-refractivity contribution >= 4 is 60.9 Å². The van der Waals surface area contributed by atoms with Crippen LogP contribution in [0.5, 0.6) is 11.5 Å². The van der Waals surface area contributed by atoms with E-state index in [4.69, 9.17) is 19.2 Å². The number of benzene rings is 2. The number of nitrogens with zero attached hydrogens (tertiary/aromatic N) is 3. The van der Waals surface area contributed by atoms with Crippen molar-refractivity contribution < 1.29 is 19.0 Å². The number of fused-ring (bicyclic) bond motifs is 1. The van der Waals surface area contributed by atoms with E-state index in [-0.39, 0.29) is 24.9 Å². The highest BCUT2D eigenvalue weighted by atomic mass is 79.9. The minimum atomic E-state index is -0.110. The quantitative estimate of drug-likeness (QED) is 0.383. The summed E-state index contributed by atoms with van der Waals surface area (Å²) in [5.74, 6) is 1.26. The van der Waals surface area contributed by atoms with E-state index in [1.807, 2.05) is 30.3 Å². The summed E-state index contributed by atoms with van der Waals surface area (Å²) in [7, 11) is 1.62. The molecular weight excluding hydrogens is 530 g/mol. The monoisotopic (exact) mass is 555 g/mol. The molecule has 0 bridgehead atoms. The molecule has 4 rings (SSSR count). The average molecular weight is 557 g/mol. The molecule has 0 atom stereocenters. The molecule has 0 unspecified atom stereocenters. The Labute approximate surface area is 212 Å². The molecule has 1 aliphatic rings. The second-order valence-electron chi connectivity index (χ2n) is 7.43. The molecule has 178 valence electrons. The zero-order valence-electron chi connectivity index (χ0n) is 18.4. The van der Waals surface area contributed by atoms with Gasteiger partial charge in [-0.1, -0.05) is 27.3 Å². The van der Waals surface area contributed by atoms with Gasteiger partial charge in [0.05, 0.1) is 30.5 Å². The molecule has 10 heteroatoms. The van der Waals surface area contributed by atoms with Crippen LogP contribution in [0.15, 0.2) is 46.9 Å². The molecule has 0 saturated carbocycles. The summed E-state index contributed by atoms with van der Waals surface area (Å²) in [4.78, 5) is 22.0. The van der Waals surface area contributed by atoms with E-state index < -0.39 is 0 Å². The van der Waals surface area contributed by atoms with Crippen LogP contribution >= 0.6 is 39.7 Å². The minimum absolute atomic E-state index is 0. The molecule has 0 N–H and O–H groups in total. The second-order valence-corrected chi connectivity index (χ2v) is 9.35. The van der Waals surface area contributed by atoms with Crippen molar-refractivity contribution in [2.75, 3.05) is 58.0 Å². The van der Waals surface area contributed by atoms with Gasteiger partial charge < -0.3 is 14.2 Å².